The number of hydrogen-bond acceptors (Lipinski definition) is 6. The average Bonchev–Trinajstić information content (AvgIpc) is 3.16. The Hall–Kier alpha value is -3.06. The van der Waals surface area contributed by atoms with Crippen molar-refractivity contribution in [1.82, 2.24) is 15.0 Å². The zero-order valence-electron chi connectivity index (χ0n) is 14.5. The quantitative estimate of drug-likeness (QED) is 0.684. The predicted octanol–water partition coefficient (Wildman–Crippen LogP) is 3.43. The predicted molar refractivity (Wildman–Crippen MR) is 98.0 cm³/mol. The fraction of sp³-hybridized carbons (Fsp3) is 0.211. The second kappa shape index (κ2) is 7.28. The van der Waals surface area contributed by atoms with Crippen LogP contribution in [0.5, 0.6) is 11.5 Å². The number of ether oxygens (including phenoxy) is 2. The lowest BCUT2D eigenvalue weighted by Gasteiger charge is -2.20. The summed E-state index contributed by atoms with van der Waals surface area (Å²) in [7, 11) is 1.67. The minimum absolute atomic E-state index is 0.182. The molecule has 1 amide bonds. The van der Waals surface area contributed by atoms with E-state index in [1.165, 1.54) is 4.90 Å². The van der Waals surface area contributed by atoms with Crippen LogP contribution in [-0.4, -0.2) is 41.2 Å². The van der Waals surface area contributed by atoms with Crippen molar-refractivity contribution < 1.29 is 18.8 Å². The molecule has 0 saturated heterocycles. The summed E-state index contributed by atoms with van der Waals surface area (Å²) >= 11 is 5.89. The highest BCUT2D eigenvalue weighted by atomic mass is 35.5. The minimum atomic E-state index is -0.182. The molecular formula is C19H16ClN3O4. The topological polar surface area (TPSA) is 77.7 Å². The van der Waals surface area contributed by atoms with Crippen LogP contribution in [-0.2, 0) is 6.54 Å². The number of nitrogens with zero attached hydrogens (tertiary/aromatic N) is 3. The molecule has 0 radical (unpaired) electrons. The van der Waals surface area contributed by atoms with Gasteiger partial charge in [-0.2, -0.15) is 4.98 Å². The zero-order chi connectivity index (χ0) is 18.8. The molecule has 0 saturated carbocycles. The second-order valence-electron chi connectivity index (χ2n) is 6.04. The van der Waals surface area contributed by atoms with Crippen molar-refractivity contribution in [3.05, 3.63) is 58.9 Å². The van der Waals surface area contributed by atoms with Crippen LogP contribution in [0.2, 0.25) is 5.02 Å². The van der Waals surface area contributed by atoms with Gasteiger partial charge in [-0.05, 0) is 42.5 Å². The van der Waals surface area contributed by atoms with Crippen molar-refractivity contribution in [2.24, 2.45) is 0 Å². The van der Waals surface area contributed by atoms with E-state index in [0.29, 0.717) is 47.0 Å². The van der Waals surface area contributed by atoms with Gasteiger partial charge < -0.3 is 18.9 Å². The largest absolute Gasteiger partial charge is 0.486 e. The van der Waals surface area contributed by atoms with Gasteiger partial charge in [-0.15, -0.1) is 0 Å². The Labute approximate surface area is 160 Å². The molecule has 3 aromatic rings. The van der Waals surface area contributed by atoms with Gasteiger partial charge in [0.2, 0.25) is 11.7 Å². The van der Waals surface area contributed by atoms with Crippen molar-refractivity contribution in [3.8, 4) is 22.9 Å². The molecule has 1 aromatic heterocycles. The fourth-order valence-electron chi connectivity index (χ4n) is 2.71. The van der Waals surface area contributed by atoms with Crippen LogP contribution < -0.4 is 9.47 Å². The van der Waals surface area contributed by atoms with Crippen LogP contribution >= 0.6 is 11.6 Å². The lowest BCUT2D eigenvalue weighted by atomic mass is 10.1. The van der Waals surface area contributed by atoms with Crippen molar-refractivity contribution >= 4 is 17.5 Å². The molecule has 0 unspecified atom stereocenters. The summed E-state index contributed by atoms with van der Waals surface area (Å²) in [6.45, 7) is 1.16. The van der Waals surface area contributed by atoms with Gasteiger partial charge in [0.05, 0.1) is 6.54 Å². The maximum atomic E-state index is 12.7. The van der Waals surface area contributed by atoms with E-state index in [9.17, 15) is 4.79 Å². The monoisotopic (exact) mass is 385 g/mol. The molecule has 4 rings (SSSR count). The molecule has 0 atom stereocenters. The number of hydrogen-bond donors (Lipinski definition) is 0. The SMILES string of the molecule is CN(Cc1nc(-c2ccc(Cl)cc2)no1)C(=O)c1ccc2c(c1)OCCO2. The zero-order valence-corrected chi connectivity index (χ0v) is 15.3. The van der Waals surface area contributed by atoms with Crippen LogP contribution in [0.15, 0.2) is 47.0 Å². The van der Waals surface area contributed by atoms with Crippen molar-refractivity contribution in [3.63, 3.8) is 0 Å². The number of benzene rings is 2. The van der Waals surface area contributed by atoms with Gasteiger partial charge in [-0.25, -0.2) is 0 Å². The van der Waals surface area contributed by atoms with Gasteiger partial charge in [0.25, 0.3) is 5.91 Å². The summed E-state index contributed by atoms with van der Waals surface area (Å²) in [5.41, 5.74) is 1.29. The first-order chi connectivity index (χ1) is 13.1. The molecule has 0 N–H and O–H groups in total. The normalized spacial score (nSPS) is 12.7. The van der Waals surface area contributed by atoms with E-state index in [0.717, 1.165) is 5.56 Å². The third-order valence-corrected chi connectivity index (χ3v) is 4.33. The van der Waals surface area contributed by atoms with E-state index in [2.05, 4.69) is 10.1 Å². The number of halogens is 1. The van der Waals surface area contributed by atoms with Crippen LogP contribution in [0.1, 0.15) is 16.2 Å². The van der Waals surface area contributed by atoms with Crippen LogP contribution in [0.4, 0.5) is 0 Å². The van der Waals surface area contributed by atoms with Gasteiger partial charge in [0, 0.05) is 23.2 Å². The van der Waals surface area contributed by atoms with Crippen LogP contribution in [0.3, 0.4) is 0 Å². The third-order valence-electron chi connectivity index (χ3n) is 4.08. The molecule has 27 heavy (non-hydrogen) atoms. The molecule has 7 nitrogen and oxygen atoms in total. The van der Waals surface area contributed by atoms with Gasteiger partial charge in [0.1, 0.15) is 13.2 Å². The number of carbonyl (C=O) groups excluding carboxylic acids is 1. The summed E-state index contributed by atoms with van der Waals surface area (Å²) in [5, 5.41) is 4.59. The highest BCUT2D eigenvalue weighted by Gasteiger charge is 2.19. The number of aromatic nitrogens is 2. The second-order valence-corrected chi connectivity index (χ2v) is 6.47. The Kier molecular flexibility index (Phi) is 4.68. The van der Waals surface area contributed by atoms with Crippen molar-refractivity contribution in [2.45, 2.75) is 6.54 Å². The Balaban J connectivity index is 1.46. The molecule has 2 aromatic carbocycles. The molecule has 1 aliphatic heterocycles. The molecule has 0 spiro atoms. The fourth-order valence-corrected chi connectivity index (χ4v) is 2.83. The maximum absolute atomic E-state index is 12.7. The van der Waals surface area contributed by atoms with E-state index in [4.69, 9.17) is 25.6 Å². The van der Waals surface area contributed by atoms with Crippen LogP contribution in [0.25, 0.3) is 11.4 Å². The van der Waals surface area contributed by atoms with Crippen LogP contribution in [0, 0.1) is 0 Å². The standard InChI is InChI=1S/C19H16ClN3O4/c1-23(19(24)13-4-7-15-16(10-13)26-9-8-25-15)11-17-21-18(22-27-17)12-2-5-14(20)6-3-12/h2-7,10H,8-9,11H2,1H3. The Morgan fingerprint density at radius 3 is 2.63 bits per heavy atom. The molecule has 1 aliphatic rings. The Morgan fingerprint density at radius 1 is 1.11 bits per heavy atom. The Bertz CT molecular complexity index is 971. The lowest BCUT2D eigenvalue weighted by Crippen LogP contribution is -2.26. The average molecular weight is 386 g/mol. The van der Waals surface area contributed by atoms with Gasteiger partial charge in [-0.3, -0.25) is 4.79 Å². The first-order valence-electron chi connectivity index (χ1n) is 8.34. The molecular weight excluding hydrogens is 370 g/mol. The molecule has 138 valence electrons. The molecule has 2 heterocycles. The third kappa shape index (κ3) is 3.73. The highest BCUT2D eigenvalue weighted by molar-refractivity contribution is 6.30. The number of carbonyl (C=O) groups is 1. The molecule has 0 bridgehead atoms. The van der Waals surface area contributed by atoms with Gasteiger partial charge in [0.15, 0.2) is 11.5 Å². The molecule has 8 heteroatoms. The van der Waals surface area contributed by atoms with Gasteiger partial charge in [-0.1, -0.05) is 16.8 Å². The van der Waals surface area contributed by atoms with E-state index in [1.807, 2.05) is 0 Å². The summed E-state index contributed by atoms with van der Waals surface area (Å²) in [6, 6.07) is 12.2. The van der Waals surface area contributed by atoms with Crippen molar-refractivity contribution in [1.29, 1.82) is 0 Å². The van der Waals surface area contributed by atoms with Gasteiger partial charge >= 0.3 is 0 Å². The number of rotatable bonds is 4. The maximum Gasteiger partial charge on any atom is 0.254 e. The summed E-state index contributed by atoms with van der Waals surface area (Å²) in [4.78, 5) is 18.5. The Morgan fingerprint density at radius 2 is 1.85 bits per heavy atom. The van der Waals surface area contributed by atoms with Crippen molar-refractivity contribution in [2.75, 3.05) is 20.3 Å². The highest BCUT2D eigenvalue weighted by Crippen LogP contribution is 2.31. The summed E-state index contributed by atoms with van der Waals surface area (Å²) in [6.07, 6.45) is 0. The molecule has 0 fully saturated rings. The number of amides is 1. The molecule has 0 aliphatic carbocycles. The number of fused-ring (bicyclic) bond motifs is 1. The van der Waals surface area contributed by atoms with E-state index in [-0.39, 0.29) is 12.5 Å². The first-order valence-corrected chi connectivity index (χ1v) is 8.71. The van der Waals surface area contributed by atoms with E-state index < -0.39 is 0 Å². The minimum Gasteiger partial charge on any atom is -0.486 e. The summed E-state index contributed by atoms with van der Waals surface area (Å²) < 4.78 is 16.3. The first kappa shape index (κ1) is 17.4. The lowest BCUT2D eigenvalue weighted by molar-refractivity contribution is 0.0768. The smallest absolute Gasteiger partial charge is 0.254 e. The van der Waals surface area contributed by atoms with E-state index >= 15 is 0 Å². The summed E-state index contributed by atoms with van der Waals surface area (Å²) in [5.74, 6) is 1.82. The van der Waals surface area contributed by atoms with E-state index in [1.54, 1.807) is 49.5 Å².